The maximum absolute atomic E-state index is 13.4. The van der Waals surface area contributed by atoms with Crippen molar-refractivity contribution in [1.82, 2.24) is 15.5 Å². The van der Waals surface area contributed by atoms with Gasteiger partial charge in [0.25, 0.3) is 5.91 Å². The summed E-state index contributed by atoms with van der Waals surface area (Å²) < 4.78 is 17.9. The van der Waals surface area contributed by atoms with Crippen molar-refractivity contribution in [3.05, 3.63) is 108 Å². The van der Waals surface area contributed by atoms with Crippen LogP contribution in [0.3, 0.4) is 0 Å². The third-order valence-electron chi connectivity index (χ3n) is 6.82. The van der Waals surface area contributed by atoms with E-state index in [0.717, 1.165) is 26.8 Å². The number of hydroxylamine groups is 2. The summed E-state index contributed by atoms with van der Waals surface area (Å²) in [6.07, 6.45) is -1.85. The molecule has 234 valence electrons. The van der Waals surface area contributed by atoms with Gasteiger partial charge in [0.15, 0.2) is 6.04 Å². The van der Waals surface area contributed by atoms with Crippen molar-refractivity contribution < 1.29 is 33.4 Å². The molecule has 0 aromatic heterocycles. The van der Waals surface area contributed by atoms with Crippen molar-refractivity contribution in [2.45, 2.75) is 70.4 Å². The van der Waals surface area contributed by atoms with Gasteiger partial charge in [-0.2, -0.15) is 0 Å². The highest BCUT2D eigenvalue weighted by atomic mass is 16.7. The van der Waals surface area contributed by atoms with E-state index in [1.54, 1.807) is 41.5 Å². The molecule has 10 nitrogen and oxygen atoms in total. The number of hydrogen-bond donors (Lipinski definition) is 1. The van der Waals surface area contributed by atoms with Crippen molar-refractivity contribution in [1.29, 1.82) is 0 Å². The Balaban J connectivity index is 1.75. The number of carbonyl (C=O) groups excluding carboxylic acids is 3. The maximum Gasteiger partial charge on any atom is 0.430 e. The molecule has 1 heterocycles. The lowest BCUT2D eigenvalue weighted by Crippen LogP contribution is -2.75. The predicted molar refractivity (Wildman–Crippen MR) is 164 cm³/mol. The molecule has 10 heteroatoms. The third kappa shape index (κ3) is 7.20. The van der Waals surface area contributed by atoms with Gasteiger partial charge in [0.05, 0.1) is 13.7 Å². The van der Waals surface area contributed by atoms with Gasteiger partial charge >= 0.3 is 12.2 Å². The SMILES string of the molecule is CON1C(=O)[C@@H](N(NC(=O)OC(C)(C)C)C(=O)OC(C)(C)C)[C@H]1COC(c1ccccc1)(c1ccccc1)c1ccccc1. The van der Waals surface area contributed by atoms with Crippen LogP contribution in [0.1, 0.15) is 58.2 Å². The van der Waals surface area contributed by atoms with E-state index in [1.165, 1.54) is 7.11 Å². The molecule has 1 aliphatic heterocycles. The standard InChI is InChI=1S/C34H41N3O7/c1-32(2,3)43-30(39)35-36(31(40)44-33(4,5)6)28-27(37(41-7)29(28)38)23-42-34(24-17-11-8-12-18-24,25-19-13-9-14-20-25)26-21-15-10-16-22-26/h8-22,27-28H,23H2,1-7H3,(H,35,39)/t27-,28+/m1/s1. The second-order valence-corrected chi connectivity index (χ2v) is 12.4. The van der Waals surface area contributed by atoms with E-state index in [9.17, 15) is 14.4 Å². The van der Waals surface area contributed by atoms with E-state index in [-0.39, 0.29) is 6.61 Å². The minimum absolute atomic E-state index is 0.0851. The number of amides is 3. The Labute approximate surface area is 258 Å². The average molecular weight is 604 g/mol. The second kappa shape index (κ2) is 13.1. The van der Waals surface area contributed by atoms with E-state index in [4.69, 9.17) is 19.0 Å². The number of rotatable bonds is 8. The van der Waals surface area contributed by atoms with Gasteiger partial charge < -0.3 is 14.2 Å². The number of nitrogens with one attached hydrogen (secondary N) is 1. The molecule has 0 radical (unpaired) electrons. The molecule has 1 saturated heterocycles. The highest BCUT2D eigenvalue weighted by Crippen LogP contribution is 2.41. The van der Waals surface area contributed by atoms with E-state index in [1.807, 2.05) is 91.0 Å². The zero-order valence-corrected chi connectivity index (χ0v) is 26.3. The topological polar surface area (TPSA) is 107 Å². The quantitative estimate of drug-likeness (QED) is 0.197. The summed E-state index contributed by atoms with van der Waals surface area (Å²) in [6.45, 7) is 10.1. The molecule has 1 N–H and O–H groups in total. The van der Waals surface area contributed by atoms with E-state index in [2.05, 4.69) is 5.43 Å². The van der Waals surface area contributed by atoms with Gasteiger partial charge in [-0.25, -0.2) is 25.1 Å². The van der Waals surface area contributed by atoms with Crippen LogP contribution >= 0.6 is 0 Å². The van der Waals surface area contributed by atoms with Gasteiger partial charge in [0.1, 0.15) is 22.8 Å². The highest BCUT2D eigenvalue weighted by Gasteiger charge is 2.56. The Morgan fingerprint density at radius 3 is 1.57 bits per heavy atom. The van der Waals surface area contributed by atoms with Gasteiger partial charge in [0.2, 0.25) is 0 Å². The molecule has 3 aromatic carbocycles. The normalized spacial score (nSPS) is 17.0. The average Bonchev–Trinajstić information content (AvgIpc) is 2.96. The fourth-order valence-electron chi connectivity index (χ4n) is 5.09. The van der Waals surface area contributed by atoms with Crippen LogP contribution in [0.5, 0.6) is 0 Å². The molecule has 44 heavy (non-hydrogen) atoms. The predicted octanol–water partition coefficient (Wildman–Crippen LogP) is 5.81. The molecule has 3 aromatic rings. The van der Waals surface area contributed by atoms with Crippen LogP contribution in [-0.4, -0.2) is 65.2 Å². The van der Waals surface area contributed by atoms with Crippen molar-refractivity contribution in [3.63, 3.8) is 0 Å². The van der Waals surface area contributed by atoms with Crippen molar-refractivity contribution in [3.8, 4) is 0 Å². The van der Waals surface area contributed by atoms with Crippen LogP contribution in [0.25, 0.3) is 0 Å². The van der Waals surface area contributed by atoms with Gasteiger partial charge in [-0.05, 0) is 58.2 Å². The highest BCUT2D eigenvalue weighted by molar-refractivity contribution is 5.92. The summed E-state index contributed by atoms with van der Waals surface area (Å²) in [4.78, 5) is 45.1. The molecule has 0 aliphatic carbocycles. The number of nitrogens with zero attached hydrogens (tertiary/aromatic N) is 2. The molecule has 1 aliphatic rings. The van der Waals surface area contributed by atoms with Crippen molar-refractivity contribution in [2.24, 2.45) is 0 Å². The molecule has 1 fully saturated rings. The molecular weight excluding hydrogens is 562 g/mol. The van der Waals surface area contributed by atoms with E-state index < -0.39 is 47.0 Å². The molecule has 0 spiro atoms. The number of β-lactam (4-membered cyclic amide) rings is 1. The molecule has 2 atom stereocenters. The Morgan fingerprint density at radius 1 is 0.750 bits per heavy atom. The minimum atomic E-state index is -1.21. The van der Waals surface area contributed by atoms with Crippen LogP contribution < -0.4 is 5.43 Å². The lowest BCUT2D eigenvalue weighted by molar-refractivity contribution is -0.245. The second-order valence-electron chi connectivity index (χ2n) is 12.4. The fraction of sp³-hybridized carbons (Fsp3) is 0.382. The monoisotopic (exact) mass is 603 g/mol. The van der Waals surface area contributed by atoms with Crippen LogP contribution in [0.2, 0.25) is 0 Å². The summed E-state index contributed by atoms with van der Waals surface area (Å²) in [5.74, 6) is -0.562. The summed E-state index contributed by atoms with van der Waals surface area (Å²) in [5.41, 5.74) is 2.16. The first kappa shape index (κ1) is 32.5. The number of benzene rings is 3. The van der Waals surface area contributed by atoms with Crippen LogP contribution in [0, 0.1) is 0 Å². The number of hydrogen-bond acceptors (Lipinski definition) is 7. The largest absolute Gasteiger partial charge is 0.443 e. The Bertz CT molecular complexity index is 1320. The smallest absolute Gasteiger partial charge is 0.430 e. The van der Waals surface area contributed by atoms with E-state index >= 15 is 0 Å². The van der Waals surface area contributed by atoms with E-state index in [0.29, 0.717) is 0 Å². The number of carbonyl (C=O) groups is 3. The van der Waals surface area contributed by atoms with Crippen molar-refractivity contribution >= 4 is 18.1 Å². The molecule has 3 amide bonds. The first-order chi connectivity index (χ1) is 20.8. The molecule has 0 unspecified atom stereocenters. The molecular formula is C34H41N3O7. The van der Waals surface area contributed by atoms with Crippen LogP contribution in [0.15, 0.2) is 91.0 Å². The fourth-order valence-corrected chi connectivity index (χ4v) is 5.09. The first-order valence-corrected chi connectivity index (χ1v) is 14.5. The minimum Gasteiger partial charge on any atom is -0.443 e. The number of ether oxygens (including phenoxy) is 3. The molecule has 4 rings (SSSR count). The van der Waals surface area contributed by atoms with Gasteiger partial charge in [-0.1, -0.05) is 91.0 Å². The summed E-state index contributed by atoms with van der Waals surface area (Å²) in [6, 6.07) is 27.2. The van der Waals surface area contributed by atoms with Gasteiger partial charge in [-0.15, -0.1) is 0 Å². The van der Waals surface area contributed by atoms with Crippen molar-refractivity contribution in [2.75, 3.05) is 13.7 Å². The Morgan fingerprint density at radius 2 is 1.18 bits per heavy atom. The third-order valence-corrected chi connectivity index (χ3v) is 6.82. The maximum atomic E-state index is 13.4. The lowest BCUT2D eigenvalue weighted by Gasteiger charge is -2.49. The summed E-state index contributed by atoms with van der Waals surface area (Å²) in [5, 5.41) is 1.99. The number of hydrazine groups is 1. The lowest BCUT2D eigenvalue weighted by atomic mass is 9.80. The zero-order chi connectivity index (χ0) is 32.1. The summed E-state index contributed by atoms with van der Waals surface area (Å²) in [7, 11) is 1.36. The first-order valence-electron chi connectivity index (χ1n) is 14.5. The van der Waals surface area contributed by atoms with Crippen LogP contribution in [0.4, 0.5) is 9.59 Å². The molecule has 0 bridgehead atoms. The Hall–Kier alpha value is -4.41. The van der Waals surface area contributed by atoms with Gasteiger partial charge in [0, 0.05) is 0 Å². The zero-order valence-electron chi connectivity index (χ0n) is 26.3. The Kier molecular flexibility index (Phi) is 9.66. The summed E-state index contributed by atoms with van der Waals surface area (Å²) >= 11 is 0. The van der Waals surface area contributed by atoms with Crippen LogP contribution in [-0.2, 0) is 29.4 Å². The molecule has 0 saturated carbocycles. The van der Waals surface area contributed by atoms with Gasteiger partial charge in [-0.3, -0.25) is 9.63 Å².